The normalized spacial score (nSPS) is 21.7. The summed E-state index contributed by atoms with van der Waals surface area (Å²) >= 11 is 3.35. The van der Waals surface area contributed by atoms with E-state index < -0.39 is 40.6 Å². The van der Waals surface area contributed by atoms with Crippen LogP contribution in [0.5, 0.6) is 0 Å². The number of benzene rings is 2. The first-order chi connectivity index (χ1) is 16.4. The molecule has 1 fully saturated rings. The molecule has 1 aliphatic rings. The summed E-state index contributed by atoms with van der Waals surface area (Å²) in [7, 11) is 0. The van der Waals surface area contributed by atoms with Gasteiger partial charge < -0.3 is 20.8 Å². The summed E-state index contributed by atoms with van der Waals surface area (Å²) in [5.41, 5.74) is -0.203. The van der Waals surface area contributed by atoms with Gasteiger partial charge in [0.05, 0.1) is 11.0 Å². The predicted octanol–water partition coefficient (Wildman–Crippen LogP) is 4.34. The first kappa shape index (κ1) is 26.4. The number of hydrogen-bond donors (Lipinski definition) is 4. The molecular weight excluding hydrogens is 516 g/mol. The van der Waals surface area contributed by atoms with Crippen molar-refractivity contribution in [1.29, 1.82) is 0 Å². The molecule has 0 heterocycles. The van der Waals surface area contributed by atoms with Crippen LogP contribution in [0.1, 0.15) is 49.5 Å². The van der Waals surface area contributed by atoms with Crippen molar-refractivity contribution in [3.05, 3.63) is 64.1 Å². The highest BCUT2D eigenvalue weighted by atomic mass is 79.9. The molecule has 0 bridgehead atoms. The summed E-state index contributed by atoms with van der Waals surface area (Å²) < 4.78 is 0.670. The molecule has 0 aliphatic heterocycles. The molecule has 3 atom stereocenters. The van der Waals surface area contributed by atoms with Crippen molar-refractivity contribution in [2.45, 2.75) is 46.1 Å². The van der Waals surface area contributed by atoms with E-state index in [1.54, 1.807) is 63.2 Å². The van der Waals surface area contributed by atoms with Crippen LogP contribution < -0.4 is 10.6 Å². The first-order valence-corrected chi connectivity index (χ1v) is 12.1. The van der Waals surface area contributed by atoms with E-state index in [0.29, 0.717) is 34.1 Å². The van der Waals surface area contributed by atoms with Crippen LogP contribution in [0.4, 0.5) is 5.69 Å². The molecular formula is C26H29BrN2O6. The minimum absolute atomic E-state index is 0.0445. The van der Waals surface area contributed by atoms with Gasteiger partial charge >= 0.3 is 11.9 Å². The summed E-state index contributed by atoms with van der Waals surface area (Å²) in [4.78, 5) is 49.2. The minimum Gasteiger partial charge on any atom is -0.481 e. The number of aliphatic carboxylic acids is 2. The lowest BCUT2D eigenvalue weighted by molar-refractivity contribution is -0.155. The van der Waals surface area contributed by atoms with Gasteiger partial charge in [-0.25, -0.2) is 4.79 Å². The number of anilines is 1. The van der Waals surface area contributed by atoms with E-state index >= 15 is 0 Å². The highest BCUT2D eigenvalue weighted by Gasteiger charge is 2.58. The van der Waals surface area contributed by atoms with Gasteiger partial charge in [-0.15, -0.1) is 0 Å². The van der Waals surface area contributed by atoms with Crippen molar-refractivity contribution in [2.75, 3.05) is 5.32 Å². The second kappa shape index (κ2) is 10.2. The minimum atomic E-state index is -1.18. The van der Waals surface area contributed by atoms with Gasteiger partial charge in [-0.2, -0.15) is 0 Å². The molecule has 1 saturated carbocycles. The number of carbonyl (C=O) groups is 4. The topological polar surface area (TPSA) is 133 Å². The molecule has 3 rings (SSSR count). The van der Waals surface area contributed by atoms with Crippen LogP contribution in [0.15, 0.2) is 53.0 Å². The number of rotatable bonds is 8. The van der Waals surface area contributed by atoms with Gasteiger partial charge in [0.1, 0.15) is 6.04 Å². The SMILES string of the molecule is CC1(C)[C@@H](C(=O)N[C@@H](Cc2ccc(NC(=O)c3ccccc3Br)cc2)C(=O)O)CC[C@@]1(C)C(=O)O. The number of amides is 2. The largest absolute Gasteiger partial charge is 0.481 e. The first-order valence-electron chi connectivity index (χ1n) is 11.3. The van der Waals surface area contributed by atoms with E-state index in [1.165, 1.54) is 0 Å². The Balaban J connectivity index is 1.66. The summed E-state index contributed by atoms with van der Waals surface area (Å²) in [6, 6.07) is 12.6. The van der Waals surface area contributed by atoms with Gasteiger partial charge in [0.15, 0.2) is 0 Å². The summed E-state index contributed by atoms with van der Waals surface area (Å²) in [6.07, 6.45) is 0.765. The van der Waals surface area contributed by atoms with E-state index in [9.17, 15) is 29.4 Å². The third-order valence-corrected chi connectivity index (χ3v) is 8.09. The van der Waals surface area contributed by atoms with Crippen molar-refractivity contribution in [3.63, 3.8) is 0 Å². The van der Waals surface area contributed by atoms with Gasteiger partial charge in [-0.05, 0) is 70.9 Å². The molecule has 186 valence electrons. The van der Waals surface area contributed by atoms with Gasteiger partial charge in [-0.3, -0.25) is 14.4 Å². The smallest absolute Gasteiger partial charge is 0.326 e. The molecule has 0 unspecified atom stereocenters. The third kappa shape index (κ3) is 5.40. The lowest BCUT2D eigenvalue weighted by Gasteiger charge is -2.38. The Labute approximate surface area is 212 Å². The van der Waals surface area contributed by atoms with Crippen molar-refractivity contribution in [3.8, 4) is 0 Å². The van der Waals surface area contributed by atoms with Crippen LogP contribution >= 0.6 is 15.9 Å². The average Bonchev–Trinajstić information content (AvgIpc) is 3.04. The van der Waals surface area contributed by atoms with Crippen LogP contribution in [0, 0.1) is 16.7 Å². The maximum atomic E-state index is 13.0. The Bertz CT molecular complexity index is 1150. The van der Waals surface area contributed by atoms with Crippen molar-refractivity contribution < 1.29 is 29.4 Å². The van der Waals surface area contributed by atoms with Crippen molar-refractivity contribution >= 4 is 45.4 Å². The number of hydrogen-bond acceptors (Lipinski definition) is 4. The van der Waals surface area contributed by atoms with Crippen LogP contribution in [0.25, 0.3) is 0 Å². The molecule has 8 nitrogen and oxygen atoms in total. The van der Waals surface area contributed by atoms with E-state index in [4.69, 9.17) is 0 Å². The fourth-order valence-electron chi connectivity index (χ4n) is 4.62. The fourth-order valence-corrected chi connectivity index (χ4v) is 5.08. The highest BCUT2D eigenvalue weighted by Crippen LogP contribution is 2.56. The molecule has 9 heteroatoms. The monoisotopic (exact) mass is 544 g/mol. The average molecular weight is 545 g/mol. The van der Waals surface area contributed by atoms with Gasteiger partial charge in [0, 0.05) is 22.5 Å². The number of carboxylic acid groups (broad SMARTS) is 2. The molecule has 0 spiro atoms. The molecule has 1 aliphatic carbocycles. The zero-order valence-electron chi connectivity index (χ0n) is 19.8. The molecule has 35 heavy (non-hydrogen) atoms. The van der Waals surface area contributed by atoms with E-state index in [2.05, 4.69) is 26.6 Å². The Kier molecular flexibility index (Phi) is 7.69. The molecule has 0 saturated heterocycles. The Morgan fingerprint density at radius 1 is 1.03 bits per heavy atom. The van der Waals surface area contributed by atoms with Crippen molar-refractivity contribution in [1.82, 2.24) is 5.32 Å². The standard InChI is InChI=1S/C26H29BrN2O6/c1-25(2)18(12-13-26(25,3)24(34)35)22(31)29-20(23(32)33)14-15-8-10-16(11-9-15)28-21(30)17-6-4-5-7-19(17)27/h4-11,18,20H,12-14H2,1-3H3,(H,28,30)(H,29,31)(H,32,33)(H,34,35)/t18-,20+,26+/m1/s1. The third-order valence-electron chi connectivity index (χ3n) is 7.40. The van der Waals surface area contributed by atoms with Crippen LogP contribution in [-0.2, 0) is 20.8 Å². The quantitative estimate of drug-likeness (QED) is 0.390. The predicted molar refractivity (Wildman–Crippen MR) is 134 cm³/mol. The molecule has 0 radical (unpaired) electrons. The van der Waals surface area contributed by atoms with Crippen LogP contribution in [-0.4, -0.2) is 40.0 Å². The van der Waals surface area contributed by atoms with Gasteiger partial charge in [0.25, 0.3) is 5.91 Å². The number of nitrogens with one attached hydrogen (secondary N) is 2. The second-order valence-electron chi connectivity index (χ2n) is 9.68. The number of carbonyl (C=O) groups excluding carboxylic acids is 2. The van der Waals surface area contributed by atoms with Crippen molar-refractivity contribution in [2.24, 2.45) is 16.7 Å². The summed E-state index contributed by atoms with van der Waals surface area (Å²) in [5, 5.41) is 24.8. The Morgan fingerprint density at radius 3 is 2.20 bits per heavy atom. The molecule has 2 aromatic rings. The Hall–Kier alpha value is -3.20. The Morgan fingerprint density at radius 2 is 1.66 bits per heavy atom. The van der Waals surface area contributed by atoms with Gasteiger partial charge in [-0.1, -0.05) is 38.1 Å². The lowest BCUT2D eigenvalue weighted by atomic mass is 9.65. The number of halogens is 1. The fraction of sp³-hybridized carbons (Fsp3) is 0.385. The van der Waals surface area contributed by atoms with E-state index in [1.807, 2.05) is 6.07 Å². The number of carboxylic acids is 2. The highest BCUT2D eigenvalue weighted by molar-refractivity contribution is 9.10. The molecule has 4 N–H and O–H groups in total. The maximum Gasteiger partial charge on any atom is 0.326 e. The second-order valence-corrected chi connectivity index (χ2v) is 10.5. The lowest BCUT2D eigenvalue weighted by Crippen LogP contribution is -2.49. The molecule has 2 aromatic carbocycles. The van der Waals surface area contributed by atoms with E-state index in [0.717, 1.165) is 0 Å². The van der Waals surface area contributed by atoms with Gasteiger partial charge in [0.2, 0.25) is 5.91 Å². The summed E-state index contributed by atoms with van der Waals surface area (Å²) in [5.74, 6) is -3.49. The zero-order chi connectivity index (χ0) is 26.0. The maximum absolute atomic E-state index is 13.0. The summed E-state index contributed by atoms with van der Waals surface area (Å²) in [6.45, 7) is 5.12. The zero-order valence-corrected chi connectivity index (χ0v) is 21.4. The van der Waals surface area contributed by atoms with Crippen LogP contribution in [0.3, 0.4) is 0 Å². The van der Waals surface area contributed by atoms with Crippen LogP contribution in [0.2, 0.25) is 0 Å². The molecule has 2 amide bonds. The molecule has 0 aromatic heterocycles. The van der Waals surface area contributed by atoms with E-state index in [-0.39, 0.29) is 12.3 Å².